The highest BCUT2D eigenvalue weighted by atomic mass is 32.2. The Morgan fingerprint density at radius 1 is 1.18 bits per heavy atom. The molecule has 1 N–H and O–H groups in total. The number of pyridine rings is 1. The molecular formula is C16H19N3O2S. The summed E-state index contributed by atoms with van der Waals surface area (Å²) in [6, 6.07) is 13.5. The van der Waals surface area contributed by atoms with Crippen LogP contribution >= 0.6 is 0 Å². The van der Waals surface area contributed by atoms with Gasteiger partial charge in [-0.15, -0.1) is 0 Å². The Bertz CT molecular complexity index is 705. The Balaban J connectivity index is 1.68. The first-order chi connectivity index (χ1) is 10.7. The third kappa shape index (κ3) is 3.28. The topological polar surface area (TPSA) is 62.3 Å². The summed E-state index contributed by atoms with van der Waals surface area (Å²) in [7, 11) is -3.49. The first-order valence-electron chi connectivity index (χ1n) is 7.38. The van der Waals surface area contributed by atoms with Gasteiger partial charge in [0.2, 0.25) is 10.0 Å². The van der Waals surface area contributed by atoms with E-state index < -0.39 is 10.0 Å². The first-order valence-corrected chi connectivity index (χ1v) is 8.86. The number of nitrogens with one attached hydrogen (secondary N) is 1. The highest BCUT2D eigenvalue weighted by Gasteiger charge is 2.26. The minimum atomic E-state index is -3.49. The van der Waals surface area contributed by atoms with Gasteiger partial charge in [-0.3, -0.25) is 4.98 Å². The summed E-state index contributed by atoms with van der Waals surface area (Å²) in [5.41, 5.74) is 1.14. The number of para-hydroxylation sites is 1. The van der Waals surface area contributed by atoms with Crippen molar-refractivity contribution >= 4 is 15.7 Å². The second-order valence-corrected chi connectivity index (χ2v) is 7.13. The summed E-state index contributed by atoms with van der Waals surface area (Å²) in [6.45, 7) is 1.37. The fourth-order valence-corrected chi connectivity index (χ4v) is 3.84. The van der Waals surface area contributed by atoms with Gasteiger partial charge < -0.3 is 4.90 Å². The van der Waals surface area contributed by atoms with Gasteiger partial charge >= 0.3 is 0 Å². The van der Waals surface area contributed by atoms with Gasteiger partial charge in [0.25, 0.3) is 0 Å². The molecule has 0 bridgehead atoms. The van der Waals surface area contributed by atoms with Crippen molar-refractivity contribution in [2.45, 2.75) is 23.8 Å². The van der Waals surface area contributed by atoms with Crippen LogP contribution in [0.1, 0.15) is 12.8 Å². The average Bonchev–Trinajstić information content (AvgIpc) is 3.03. The summed E-state index contributed by atoms with van der Waals surface area (Å²) in [5.74, 6) is 0. The molecule has 22 heavy (non-hydrogen) atoms. The summed E-state index contributed by atoms with van der Waals surface area (Å²) < 4.78 is 27.2. The van der Waals surface area contributed by atoms with E-state index in [0.717, 1.165) is 25.1 Å². The number of rotatable bonds is 5. The molecule has 116 valence electrons. The number of hydrogen-bond donors (Lipinski definition) is 1. The van der Waals surface area contributed by atoms with Gasteiger partial charge in [0.05, 0.1) is 0 Å². The van der Waals surface area contributed by atoms with Crippen molar-refractivity contribution in [3.05, 3.63) is 54.9 Å². The Labute approximate surface area is 131 Å². The molecule has 5 nitrogen and oxygen atoms in total. The lowest BCUT2D eigenvalue weighted by atomic mass is 10.2. The predicted octanol–water partition coefficient (Wildman–Crippen LogP) is 2.03. The number of anilines is 1. The number of nitrogens with zero attached hydrogens (tertiary/aromatic N) is 2. The van der Waals surface area contributed by atoms with Gasteiger partial charge in [-0.1, -0.05) is 18.2 Å². The molecule has 1 aliphatic heterocycles. The zero-order chi connectivity index (χ0) is 15.4. The standard InChI is InChI=1S/C16H19N3O2S/c20-22(21,16-9-4-10-17-13-16)18-12-15-8-5-11-19(15)14-6-2-1-3-7-14/h1-4,6-7,9-10,13,15,18H,5,8,11-12H2/t15-/m0/s1. The number of hydrogen-bond acceptors (Lipinski definition) is 4. The van der Waals surface area contributed by atoms with Crippen LogP contribution in [0.15, 0.2) is 59.8 Å². The summed E-state index contributed by atoms with van der Waals surface area (Å²) in [4.78, 5) is 6.34. The molecule has 1 aliphatic rings. The van der Waals surface area contributed by atoms with Gasteiger partial charge in [-0.05, 0) is 37.1 Å². The van der Waals surface area contributed by atoms with Gasteiger partial charge in [0.15, 0.2) is 0 Å². The Morgan fingerprint density at radius 2 is 2.00 bits per heavy atom. The quantitative estimate of drug-likeness (QED) is 0.916. The van der Waals surface area contributed by atoms with Crippen LogP contribution in [0.5, 0.6) is 0 Å². The van der Waals surface area contributed by atoms with Crippen molar-refractivity contribution in [1.82, 2.24) is 9.71 Å². The molecule has 0 radical (unpaired) electrons. The maximum atomic E-state index is 12.3. The summed E-state index contributed by atoms with van der Waals surface area (Å²) >= 11 is 0. The van der Waals surface area contributed by atoms with Crippen LogP contribution in [0.2, 0.25) is 0 Å². The average molecular weight is 317 g/mol. The van der Waals surface area contributed by atoms with Gasteiger partial charge in [-0.2, -0.15) is 0 Å². The number of sulfonamides is 1. The first kappa shape index (κ1) is 15.0. The highest BCUT2D eigenvalue weighted by Crippen LogP contribution is 2.25. The maximum absolute atomic E-state index is 12.3. The van der Waals surface area contributed by atoms with E-state index in [1.165, 1.54) is 6.20 Å². The second kappa shape index (κ2) is 6.46. The minimum Gasteiger partial charge on any atom is -0.367 e. The fraction of sp³-hybridized carbons (Fsp3) is 0.312. The SMILES string of the molecule is O=S(=O)(NC[C@@H]1CCCN1c1ccccc1)c1cccnc1. The van der Waals surface area contributed by atoms with E-state index in [1.807, 2.05) is 18.2 Å². The molecule has 1 atom stereocenters. The number of benzene rings is 1. The van der Waals surface area contributed by atoms with E-state index >= 15 is 0 Å². The molecule has 1 aromatic heterocycles. The molecule has 0 aliphatic carbocycles. The molecule has 2 heterocycles. The lowest BCUT2D eigenvalue weighted by Gasteiger charge is -2.27. The van der Waals surface area contributed by atoms with Crippen molar-refractivity contribution in [1.29, 1.82) is 0 Å². The van der Waals surface area contributed by atoms with E-state index in [9.17, 15) is 8.42 Å². The van der Waals surface area contributed by atoms with Crippen LogP contribution in [-0.2, 0) is 10.0 Å². The monoisotopic (exact) mass is 317 g/mol. The molecule has 1 aromatic carbocycles. The lowest BCUT2D eigenvalue weighted by molar-refractivity contribution is 0.567. The van der Waals surface area contributed by atoms with Crippen LogP contribution in [0.4, 0.5) is 5.69 Å². The zero-order valence-corrected chi connectivity index (χ0v) is 13.0. The summed E-state index contributed by atoms with van der Waals surface area (Å²) in [6.07, 6.45) is 5.00. The predicted molar refractivity (Wildman–Crippen MR) is 86.2 cm³/mol. The van der Waals surface area contributed by atoms with E-state index in [2.05, 4.69) is 26.7 Å². The molecule has 0 amide bonds. The Kier molecular flexibility index (Phi) is 4.40. The van der Waals surface area contributed by atoms with Gasteiger partial charge in [-0.25, -0.2) is 13.1 Å². The van der Waals surface area contributed by atoms with E-state index in [1.54, 1.807) is 18.3 Å². The largest absolute Gasteiger partial charge is 0.367 e. The van der Waals surface area contributed by atoms with Crippen LogP contribution < -0.4 is 9.62 Å². The molecule has 2 aromatic rings. The smallest absolute Gasteiger partial charge is 0.242 e. The highest BCUT2D eigenvalue weighted by molar-refractivity contribution is 7.89. The third-order valence-corrected chi connectivity index (χ3v) is 5.33. The fourth-order valence-electron chi connectivity index (χ4n) is 2.80. The molecule has 0 unspecified atom stereocenters. The van der Waals surface area contributed by atoms with Gasteiger partial charge in [0.1, 0.15) is 4.90 Å². The maximum Gasteiger partial charge on any atom is 0.242 e. The summed E-state index contributed by atoms with van der Waals surface area (Å²) in [5, 5.41) is 0. The Morgan fingerprint density at radius 3 is 2.73 bits per heavy atom. The molecular weight excluding hydrogens is 298 g/mol. The van der Waals surface area contributed by atoms with Crippen LogP contribution in [0.25, 0.3) is 0 Å². The van der Waals surface area contributed by atoms with Crippen molar-refractivity contribution in [2.24, 2.45) is 0 Å². The third-order valence-electron chi connectivity index (χ3n) is 3.92. The van der Waals surface area contributed by atoms with Gasteiger partial charge in [0, 0.05) is 37.2 Å². The molecule has 1 saturated heterocycles. The van der Waals surface area contributed by atoms with Crippen LogP contribution in [0.3, 0.4) is 0 Å². The zero-order valence-electron chi connectivity index (χ0n) is 12.2. The van der Waals surface area contributed by atoms with Crippen molar-refractivity contribution in [3.8, 4) is 0 Å². The molecule has 0 spiro atoms. The van der Waals surface area contributed by atoms with Crippen molar-refractivity contribution in [3.63, 3.8) is 0 Å². The lowest BCUT2D eigenvalue weighted by Crippen LogP contribution is -2.40. The molecule has 1 fully saturated rings. The van der Waals surface area contributed by atoms with Crippen molar-refractivity contribution < 1.29 is 8.42 Å². The Hall–Kier alpha value is -1.92. The van der Waals surface area contributed by atoms with Crippen molar-refractivity contribution in [2.75, 3.05) is 18.0 Å². The minimum absolute atomic E-state index is 0.189. The van der Waals surface area contributed by atoms with Crippen LogP contribution in [0, 0.1) is 0 Å². The van der Waals surface area contributed by atoms with E-state index in [-0.39, 0.29) is 10.9 Å². The normalized spacial score (nSPS) is 18.5. The van der Waals surface area contributed by atoms with E-state index in [4.69, 9.17) is 0 Å². The van der Waals surface area contributed by atoms with Crippen LogP contribution in [-0.4, -0.2) is 32.5 Å². The van der Waals surface area contributed by atoms with E-state index in [0.29, 0.717) is 6.54 Å². The molecule has 0 saturated carbocycles. The second-order valence-electron chi connectivity index (χ2n) is 5.37. The number of aromatic nitrogens is 1. The molecule has 3 rings (SSSR count). The molecule has 6 heteroatoms.